The van der Waals surface area contributed by atoms with E-state index >= 15 is 0 Å². The first kappa shape index (κ1) is 15.9. The van der Waals surface area contributed by atoms with Crippen LogP contribution in [0.5, 0.6) is 0 Å². The van der Waals surface area contributed by atoms with Crippen molar-refractivity contribution in [2.75, 3.05) is 7.05 Å². The number of hydrogen-bond donors (Lipinski definition) is 0. The molecule has 0 spiro atoms. The van der Waals surface area contributed by atoms with Crippen LogP contribution in [-0.4, -0.2) is 32.4 Å². The van der Waals surface area contributed by atoms with Gasteiger partial charge in [-0.2, -0.15) is 0 Å². The minimum absolute atomic E-state index is 0.175. The zero-order valence-corrected chi connectivity index (χ0v) is 13.5. The first-order valence-electron chi connectivity index (χ1n) is 7.05. The van der Waals surface area contributed by atoms with Crippen LogP contribution in [0.15, 0.2) is 29.5 Å². The molecule has 0 N–H and O–H groups in total. The van der Waals surface area contributed by atoms with Crippen molar-refractivity contribution in [3.63, 3.8) is 0 Å². The largest absolute Gasteiger partial charge is 0.333 e. The third kappa shape index (κ3) is 2.77. The van der Waals surface area contributed by atoms with Crippen molar-refractivity contribution in [3.8, 4) is 0 Å². The van der Waals surface area contributed by atoms with Gasteiger partial charge in [0.25, 0.3) is 11.5 Å². The lowest BCUT2D eigenvalue weighted by molar-refractivity contribution is 0.0737. The Bertz CT molecular complexity index is 753. The number of nitrogens with zero attached hydrogens (tertiary/aromatic N) is 4. The van der Waals surface area contributed by atoms with Crippen LogP contribution >= 0.6 is 0 Å². The van der Waals surface area contributed by atoms with Gasteiger partial charge in [0.05, 0.1) is 11.7 Å². The van der Waals surface area contributed by atoms with Gasteiger partial charge in [0.2, 0.25) is 0 Å². The highest BCUT2D eigenvalue weighted by molar-refractivity contribution is 5.94. The number of amides is 1. The molecule has 1 amide bonds. The highest BCUT2D eigenvalue weighted by Gasteiger charge is 2.23. The van der Waals surface area contributed by atoms with E-state index in [9.17, 15) is 9.59 Å². The summed E-state index contributed by atoms with van der Waals surface area (Å²) < 4.78 is 1.51. The molecule has 6 nitrogen and oxygen atoms in total. The summed E-state index contributed by atoms with van der Waals surface area (Å²) in [6.45, 7) is 5.61. The predicted octanol–water partition coefficient (Wildman–Crippen LogP) is 1.63. The maximum atomic E-state index is 12.7. The summed E-state index contributed by atoms with van der Waals surface area (Å²) in [7, 11) is 3.35. The van der Waals surface area contributed by atoms with Crippen LogP contribution in [0, 0.1) is 13.8 Å². The van der Waals surface area contributed by atoms with E-state index in [4.69, 9.17) is 0 Å². The highest BCUT2D eigenvalue weighted by atomic mass is 16.2. The van der Waals surface area contributed by atoms with E-state index in [0.717, 1.165) is 17.0 Å². The first-order chi connectivity index (χ1) is 10.3. The van der Waals surface area contributed by atoms with Crippen LogP contribution in [0.25, 0.3) is 0 Å². The van der Waals surface area contributed by atoms with Gasteiger partial charge in [-0.05, 0) is 38.5 Å². The van der Waals surface area contributed by atoms with Gasteiger partial charge in [0.1, 0.15) is 11.9 Å². The van der Waals surface area contributed by atoms with Crippen molar-refractivity contribution in [1.29, 1.82) is 0 Å². The number of aromatic nitrogens is 3. The van der Waals surface area contributed by atoms with Gasteiger partial charge < -0.3 is 9.47 Å². The minimum atomic E-state index is -0.310. The molecule has 0 unspecified atom stereocenters. The molecule has 22 heavy (non-hydrogen) atoms. The minimum Gasteiger partial charge on any atom is -0.333 e. The van der Waals surface area contributed by atoms with E-state index in [1.54, 1.807) is 32.4 Å². The van der Waals surface area contributed by atoms with Gasteiger partial charge in [-0.1, -0.05) is 0 Å². The second-order valence-corrected chi connectivity index (χ2v) is 5.42. The Kier molecular flexibility index (Phi) is 4.40. The first-order valence-corrected chi connectivity index (χ1v) is 7.05. The zero-order chi connectivity index (χ0) is 16.4. The van der Waals surface area contributed by atoms with E-state index in [1.165, 1.54) is 15.8 Å². The van der Waals surface area contributed by atoms with Crippen LogP contribution in [0.4, 0.5) is 0 Å². The lowest BCUT2D eigenvalue weighted by atomic mass is 10.1. The molecular weight excluding hydrogens is 280 g/mol. The van der Waals surface area contributed by atoms with Crippen LogP contribution in [0.3, 0.4) is 0 Å². The molecule has 2 aromatic rings. The van der Waals surface area contributed by atoms with Crippen LogP contribution in [0.2, 0.25) is 0 Å². The highest BCUT2D eigenvalue weighted by Crippen LogP contribution is 2.18. The predicted molar refractivity (Wildman–Crippen MR) is 83.7 cm³/mol. The maximum Gasteiger partial charge on any atom is 0.263 e. The van der Waals surface area contributed by atoms with Crippen molar-refractivity contribution in [1.82, 2.24) is 19.4 Å². The quantitative estimate of drug-likeness (QED) is 0.864. The Labute approximate surface area is 129 Å². The Morgan fingerprint density at radius 1 is 1.36 bits per heavy atom. The topological polar surface area (TPSA) is 68.1 Å². The molecule has 0 saturated carbocycles. The number of rotatable bonds is 3. The molecule has 2 rings (SSSR count). The summed E-state index contributed by atoms with van der Waals surface area (Å²) in [5, 5.41) is 0. The molecule has 1 atom stereocenters. The molecule has 2 heterocycles. The van der Waals surface area contributed by atoms with E-state index < -0.39 is 0 Å². The fourth-order valence-corrected chi connectivity index (χ4v) is 2.25. The third-order valence-corrected chi connectivity index (χ3v) is 4.13. The molecule has 0 bridgehead atoms. The van der Waals surface area contributed by atoms with Crippen LogP contribution in [0.1, 0.15) is 40.3 Å². The molecule has 0 fully saturated rings. The molecule has 0 radical (unpaired) electrons. The van der Waals surface area contributed by atoms with E-state index in [-0.39, 0.29) is 23.1 Å². The number of hydrogen-bond acceptors (Lipinski definition) is 4. The van der Waals surface area contributed by atoms with Crippen LogP contribution in [-0.2, 0) is 7.05 Å². The second-order valence-electron chi connectivity index (χ2n) is 5.42. The van der Waals surface area contributed by atoms with Crippen molar-refractivity contribution in [2.24, 2.45) is 7.05 Å². The summed E-state index contributed by atoms with van der Waals surface area (Å²) >= 11 is 0. The summed E-state index contributed by atoms with van der Waals surface area (Å²) in [5.74, 6) is -0.310. The Morgan fingerprint density at radius 2 is 2.05 bits per heavy atom. The third-order valence-electron chi connectivity index (χ3n) is 4.13. The standard InChI is InChI=1S/C16H20N4O2/c1-10-8-13(15(21)19(4)11(10)2)16(22)20(5)12(3)14-6-7-17-9-18-14/h6-9,12H,1-5H3/t12-/m1/s1. The lowest BCUT2D eigenvalue weighted by Crippen LogP contribution is -2.36. The normalized spacial score (nSPS) is 12.0. The average Bonchev–Trinajstić information content (AvgIpc) is 2.55. The van der Waals surface area contributed by atoms with E-state index in [2.05, 4.69) is 9.97 Å². The van der Waals surface area contributed by atoms with Gasteiger partial charge >= 0.3 is 0 Å². The summed E-state index contributed by atoms with van der Waals surface area (Å²) in [6.07, 6.45) is 3.07. The zero-order valence-electron chi connectivity index (χ0n) is 13.5. The summed E-state index contributed by atoms with van der Waals surface area (Å²) in [4.78, 5) is 34.6. The molecule has 6 heteroatoms. The van der Waals surface area contributed by atoms with Crippen LogP contribution < -0.4 is 5.56 Å². The van der Waals surface area contributed by atoms with Crippen molar-refractivity contribution < 1.29 is 4.79 Å². The Morgan fingerprint density at radius 3 is 2.64 bits per heavy atom. The number of aryl methyl sites for hydroxylation is 1. The summed E-state index contributed by atoms with van der Waals surface area (Å²) in [6, 6.07) is 3.16. The Balaban J connectivity index is 2.38. The molecular formula is C16H20N4O2. The van der Waals surface area contributed by atoms with Gasteiger partial charge in [0.15, 0.2) is 0 Å². The molecule has 0 saturated heterocycles. The van der Waals surface area contributed by atoms with E-state index in [0.29, 0.717) is 0 Å². The van der Waals surface area contributed by atoms with Gasteiger partial charge in [-0.15, -0.1) is 0 Å². The number of carbonyl (C=O) groups excluding carboxylic acids is 1. The average molecular weight is 300 g/mol. The molecule has 2 aromatic heterocycles. The smallest absolute Gasteiger partial charge is 0.263 e. The monoisotopic (exact) mass is 300 g/mol. The molecule has 0 aromatic carbocycles. The van der Waals surface area contributed by atoms with Crippen molar-refractivity contribution >= 4 is 5.91 Å². The fourth-order valence-electron chi connectivity index (χ4n) is 2.25. The molecule has 0 aliphatic carbocycles. The second kappa shape index (κ2) is 6.09. The Hall–Kier alpha value is -2.50. The van der Waals surface area contributed by atoms with E-state index in [1.807, 2.05) is 20.8 Å². The van der Waals surface area contributed by atoms with Crippen molar-refractivity contribution in [2.45, 2.75) is 26.8 Å². The summed E-state index contributed by atoms with van der Waals surface area (Å²) in [5.41, 5.74) is 2.39. The lowest BCUT2D eigenvalue weighted by Gasteiger charge is -2.24. The van der Waals surface area contributed by atoms with Gasteiger partial charge in [-0.25, -0.2) is 9.97 Å². The van der Waals surface area contributed by atoms with Gasteiger partial charge in [0, 0.05) is 26.0 Å². The maximum absolute atomic E-state index is 12.7. The number of carbonyl (C=O) groups is 1. The fraction of sp³-hybridized carbons (Fsp3) is 0.375. The number of pyridine rings is 1. The molecule has 116 valence electrons. The van der Waals surface area contributed by atoms with Crippen molar-refractivity contribution in [3.05, 3.63) is 57.5 Å². The molecule has 0 aliphatic rings. The molecule has 0 aliphatic heterocycles. The van der Waals surface area contributed by atoms with Gasteiger partial charge in [-0.3, -0.25) is 9.59 Å². The SMILES string of the molecule is Cc1cc(C(=O)N(C)[C@H](C)c2ccncn2)c(=O)n(C)c1C.